The highest BCUT2D eigenvalue weighted by molar-refractivity contribution is 5.98. The highest BCUT2D eigenvalue weighted by atomic mass is 16.5. The Morgan fingerprint density at radius 1 is 1.35 bits per heavy atom. The number of carbonyl (C=O) groups excluding carboxylic acids is 2. The number of carboxylic acid groups (broad SMARTS) is 1. The molecule has 0 radical (unpaired) electrons. The lowest BCUT2D eigenvalue weighted by Gasteiger charge is -2.25. The van der Waals surface area contributed by atoms with E-state index in [1.807, 2.05) is 0 Å². The molecule has 7 heteroatoms. The molecule has 0 spiro atoms. The van der Waals surface area contributed by atoms with Gasteiger partial charge in [-0.3, -0.25) is 14.5 Å². The van der Waals surface area contributed by atoms with Crippen LogP contribution in [-0.4, -0.2) is 48.1 Å². The number of carboxylic acids is 1. The number of benzene rings is 1. The van der Waals surface area contributed by atoms with Crippen LogP contribution in [0.5, 0.6) is 5.75 Å². The van der Waals surface area contributed by atoms with Gasteiger partial charge in [0.05, 0.1) is 19.2 Å². The Hall–Kier alpha value is -2.41. The van der Waals surface area contributed by atoms with E-state index >= 15 is 0 Å². The molecule has 1 aliphatic rings. The summed E-state index contributed by atoms with van der Waals surface area (Å²) >= 11 is 0. The Morgan fingerprint density at radius 3 is 2.55 bits per heavy atom. The van der Waals surface area contributed by atoms with Gasteiger partial charge in [-0.1, -0.05) is 0 Å². The van der Waals surface area contributed by atoms with Crippen molar-refractivity contribution in [2.45, 2.75) is 6.54 Å². The van der Waals surface area contributed by atoms with Gasteiger partial charge in [0.1, 0.15) is 19.0 Å². The summed E-state index contributed by atoms with van der Waals surface area (Å²) in [5.74, 6) is -1.58. The molecular formula is C13H13NO6. The third-order valence-corrected chi connectivity index (χ3v) is 2.91. The average molecular weight is 279 g/mol. The van der Waals surface area contributed by atoms with Crippen LogP contribution in [0.3, 0.4) is 0 Å². The monoisotopic (exact) mass is 279 g/mol. The number of amides is 2. The fourth-order valence-corrected chi connectivity index (χ4v) is 1.90. The average Bonchev–Trinajstić information content (AvgIpc) is 2.42. The molecule has 0 aliphatic carbocycles. The molecule has 1 heterocycles. The number of imide groups is 1. The highest BCUT2D eigenvalue weighted by Gasteiger charge is 2.27. The van der Waals surface area contributed by atoms with Crippen LogP contribution in [0, 0.1) is 0 Å². The molecule has 7 nitrogen and oxygen atoms in total. The number of hydrogen-bond acceptors (Lipinski definition) is 5. The van der Waals surface area contributed by atoms with Crippen molar-refractivity contribution < 1.29 is 29.0 Å². The molecule has 2 amide bonds. The minimum atomic E-state index is -1.09. The van der Waals surface area contributed by atoms with Crippen molar-refractivity contribution in [2.75, 3.05) is 20.3 Å². The van der Waals surface area contributed by atoms with Gasteiger partial charge in [0.2, 0.25) is 0 Å². The maximum atomic E-state index is 11.7. The largest absolute Gasteiger partial charge is 0.496 e. The Labute approximate surface area is 114 Å². The van der Waals surface area contributed by atoms with Crippen LogP contribution in [0.4, 0.5) is 0 Å². The minimum Gasteiger partial charge on any atom is -0.496 e. The molecule has 0 unspecified atom stereocenters. The molecule has 1 aliphatic heterocycles. The van der Waals surface area contributed by atoms with Gasteiger partial charge < -0.3 is 14.6 Å². The zero-order valence-electron chi connectivity index (χ0n) is 10.8. The second-order valence-electron chi connectivity index (χ2n) is 4.20. The summed E-state index contributed by atoms with van der Waals surface area (Å²) in [6, 6.07) is 4.28. The van der Waals surface area contributed by atoms with Crippen molar-refractivity contribution in [1.82, 2.24) is 4.90 Å². The molecule has 0 saturated carbocycles. The Kier molecular flexibility index (Phi) is 3.99. The van der Waals surface area contributed by atoms with E-state index in [0.717, 1.165) is 4.90 Å². The molecule has 1 N–H and O–H groups in total. The predicted octanol–water partition coefficient (Wildman–Crippen LogP) is 0.279. The first-order valence-corrected chi connectivity index (χ1v) is 5.84. The number of hydrogen-bond donors (Lipinski definition) is 1. The third kappa shape index (κ3) is 2.77. The zero-order chi connectivity index (χ0) is 14.7. The number of aromatic carboxylic acids is 1. The van der Waals surface area contributed by atoms with Crippen molar-refractivity contribution >= 4 is 17.8 Å². The number of nitrogens with zero attached hydrogens (tertiary/aromatic N) is 1. The molecule has 1 saturated heterocycles. The quantitative estimate of drug-likeness (QED) is 0.796. The summed E-state index contributed by atoms with van der Waals surface area (Å²) < 4.78 is 9.93. The van der Waals surface area contributed by atoms with E-state index in [1.165, 1.54) is 25.3 Å². The number of methoxy groups -OCH3 is 1. The summed E-state index contributed by atoms with van der Waals surface area (Å²) in [6.45, 7) is -0.356. The van der Waals surface area contributed by atoms with Gasteiger partial charge >= 0.3 is 5.97 Å². The van der Waals surface area contributed by atoms with Crippen molar-refractivity contribution in [3.05, 3.63) is 29.3 Å². The molecule has 0 atom stereocenters. The van der Waals surface area contributed by atoms with E-state index in [9.17, 15) is 14.4 Å². The SMILES string of the molecule is COc1ccc(C(=O)O)cc1CN1C(=O)COCC1=O. The first-order valence-electron chi connectivity index (χ1n) is 5.84. The number of carbonyl (C=O) groups is 3. The Morgan fingerprint density at radius 2 is 2.00 bits per heavy atom. The molecule has 106 valence electrons. The van der Waals surface area contributed by atoms with E-state index in [0.29, 0.717) is 11.3 Å². The van der Waals surface area contributed by atoms with E-state index in [-0.39, 0.29) is 25.3 Å². The maximum Gasteiger partial charge on any atom is 0.335 e. The first-order chi connectivity index (χ1) is 9.52. The summed E-state index contributed by atoms with van der Waals surface area (Å²) in [4.78, 5) is 35.3. The number of ether oxygens (including phenoxy) is 2. The first kappa shape index (κ1) is 14.0. The van der Waals surface area contributed by atoms with Crippen molar-refractivity contribution in [3.63, 3.8) is 0 Å². The van der Waals surface area contributed by atoms with Crippen molar-refractivity contribution in [3.8, 4) is 5.75 Å². The Bertz CT molecular complexity index is 552. The molecule has 1 aromatic carbocycles. The molecule has 1 fully saturated rings. The van der Waals surface area contributed by atoms with Gasteiger partial charge in [0.25, 0.3) is 11.8 Å². The second kappa shape index (κ2) is 5.70. The summed E-state index contributed by atoms with van der Waals surface area (Å²) in [6.07, 6.45) is 0. The third-order valence-electron chi connectivity index (χ3n) is 2.91. The van der Waals surface area contributed by atoms with Crippen LogP contribution in [0.15, 0.2) is 18.2 Å². The zero-order valence-corrected chi connectivity index (χ0v) is 10.8. The fourth-order valence-electron chi connectivity index (χ4n) is 1.90. The van der Waals surface area contributed by atoms with Crippen LogP contribution in [0.25, 0.3) is 0 Å². The van der Waals surface area contributed by atoms with E-state index in [1.54, 1.807) is 0 Å². The van der Waals surface area contributed by atoms with Crippen LogP contribution in [0.2, 0.25) is 0 Å². The topological polar surface area (TPSA) is 93.1 Å². The fraction of sp³-hybridized carbons (Fsp3) is 0.308. The molecule has 20 heavy (non-hydrogen) atoms. The van der Waals surface area contributed by atoms with Crippen LogP contribution in [-0.2, 0) is 20.9 Å². The standard InChI is InChI=1S/C13H13NO6/c1-19-10-3-2-8(13(17)18)4-9(10)5-14-11(15)6-20-7-12(14)16/h2-4H,5-7H2,1H3,(H,17,18). The summed E-state index contributed by atoms with van der Waals surface area (Å²) in [7, 11) is 1.43. The van der Waals surface area contributed by atoms with Gasteiger partial charge in [-0.05, 0) is 18.2 Å². The number of morpholine rings is 1. The number of rotatable bonds is 4. The van der Waals surface area contributed by atoms with E-state index < -0.39 is 17.8 Å². The Balaban J connectivity index is 2.31. The van der Waals surface area contributed by atoms with Crippen molar-refractivity contribution in [2.24, 2.45) is 0 Å². The van der Waals surface area contributed by atoms with Gasteiger partial charge in [-0.15, -0.1) is 0 Å². The summed E-state index contributed by atoms with van der Waals surface area (Å²) in [5, 5.41) is 8.97. The van der Waals surface area contributed by atoms with Crippen LogP contribution >= 0.6 is 0 Å². The van der Waals surface area contributed by atoms with Gasteiger partial charge in [0.15, 0.2) is 0 Å². The molecule has 2 rings (SSSR count). The van der Waals surface area contributed by atoms with Gasteiger partial charge in [0, 0.05) is 5.56 Å². The molecular weight excluding hydrogens is 266 g/mol. The van der Waals surface area contributed by atoms with Gasteiger partial charge in [-0.25, -0.2) is 4.79 Å². The second-order valence-corrected chi connectivity index (χ2v) is 4.20. The van der Waals surface area contributed by atoms with Crippen LogP contribution in [0.1, 0.15) is 15.9 Å². The lowest BCUT2D eigenvalue weighted by Crippen LogP contribution is -2.45. The molecule has 0 bridgehead atoms. The lowest BCUT2D eigenvalue weighted by molar-refractivity contribution is -0.159. The van der Waals surface area contributed by atoms with Gasteiger partial charge in [-0.2, -0.15) is 0 Å². The summed E-state index contributed by atoms with van der Waals surface area (Å²) in [5.41, 5.74) is 0.518. The van der Waals surface area contributed by atoms with Crippen LogP contribution < -0.4 is 4.74 Å². The molecule has 1 aromatic rings. The smallest absolute Gasteiger partial charge is 0.335 e. The highest BCUT2D eigenvalue weighted by Crippen LogP contribution is 2.22. The lowest BCUT2D eigenvalue weighted by atomic mass is 10.1. The van der Waals surface area contributed by atoms with E-state index in [4.69, 9.17) is 14.6 Å². The maximum absolute atomic E-state index is 11.7. The minimum absolute atomic E-state index is 0.0364. The molecule has 0 aromatic heterocycles. The normalized spacial score (nSPS) is 15.3. The predicted molar refractivity (Wildman–Crippen MR) is 66.3 cm³/mol. The van der Waals surface area contributed by atoms with E-state index in [2.05, 4.69) is 0 Å². The van der Waals surface area contributed by atoms with Crippen molar-refractivity contribution in [1.29, 1.82) is 0 Å².